The summed E-state index contributed by atoms with van der Waals surface area (Å²) >= 11 is 0. The second-order valence-corrected chi connectivity index (χ2v) is 4.95. The van der Waals surface area contributed by atoms with Crippen LogP contribution < -0.4 is 5.32 Å². The van der Waals surface area contributed by atoms with Gasteiger partial charge >= 0.3 is 0 Å². The van der Waals surface area contributed by atoms with Gasteiger partial charge in [0.1, 0.15) is 0 Å². The van der Waals surface area contributed by atoms with Gasteiger partial charge in [-0.2, -0.15) is 4.52 Å². The number of anilines is 1. The van der Waals surface area contributed by atoms with Crippen LogP contribution in [0.3, 0.4) is 0 Å². The Hall–Kier alpha value is -1.76. The molecule has 0 aromatic carbocycles. The summed E-state index contributed by atoms with van der Waals surface area (Å²) in [6, 6.07) is 0.342. The van der Waals surface area contributed by atoms with Crippen molar-refractivity contribution in [3.63, 3.8) is 0 Å². The van der Waals surface area contributed by atoms with Gasteiger partial charge in [0.2, 0.25) is 0 Å². The molecule has 0 spiro atoms. The van der Waals surface area contributed by atoms with Gasteiger partial charge in [-0.15, -0.1) is 5.10 Å². The van der Waals surface area contributed by atoms with E-state index in [1.807, 2.05) is 0 Å². The van der Waals surface area contributed by atoms with Gasteiger partial charge in [0.05, 0.1) is 24.5 Å². The Morgan fingerprint density at radius 1 is 1.28 bits per heavy atom. The number of hydrogen-bond acceptors (Lipinski definition) is 6. The van der Waals surface area contributed by atoms with Crippen molar-refractivity contribution in [3.05, 3.63) is 12.4 Å². The van der Waals surface area contributed by atoms with Crippen LogP contribution in [-0.4, -0.2) is 43.8 Å². The van der Waals surface area contributed by atoms with Crippen LogP contribution in [0, 0.1) is 5.92 Å². The van der Waals surface area contributed by atoms with Gasteiger partial charge in [0.15, 0.2) is 11.5 Å². The quantitative estimate of drug-likeness (QED) is 0.849. The van der Waals surface area contributed by atoms with Crippen LogP contribution in [0.2, 0.25) is 0 Å². The number of tetrazole rings is 1. The van der Waals surface area contributed by atoms with Gasteiger partial charge in [-0.1, -0.05) is 0 Å². The van der Waals surface area contributed by atoms with E-state index in [4.69, 9.17) is 4.74 Å². The molecule has 2 atom stereocenters. The molecule has 7 nitrogen and oxygen atoms in total. The Morgan fingerprint density at radius 2 is 2.22 bits per heavy atom. The predicted molar refractivity (Wildman–Crippen MR) is 63.1 cm³/mol. The second-order valence-electron chi connectivity index (χ2n) is 4.95. The van der Waals surface area contributed by atoms with E-state index in [1.165, 1.54) is 12.8 Å². The molecule has 2 unspecified atom stereocenters. The van der Waals surface area contributed by atoms with Crippen molar-refractivity contribution in [3.8, 4) is 0 Å². The molecule has 0 radical (unpaired) electrons. The Kier molecular flexibility index (Phi) is 2.19. The third kappa shape index (κ3) is 1.62. The van der Waals surface area contributed by atoms with Gasteiger partial charge in [-0.05, 0) is 35.6 Å². The molecule has 1 saturated heterocycles. The molecule has 4 rings (SSSR count). The summed E-state index contributed by atoms with van der Waals surface area (Å²) in [5, 5.41) is 15.0. The van der Waals surface area contributed by atoms with Crippen molar-refractivity contribution in [1.82, 2.24) is 25.0 Å². The highest BCUT2D eigenvalue weighted by atomic mass is 16.5. The van der Waals surface area contributed by atoms with Crippen LogP contribution >= 0.6 is 0 Å². The first-order valence-corrected chi connectivity index (χ1v) is 6.32. The summed E-state index contributed by atoms with van der Waals surface area (Å²) in [7, 11) is 0. The van der Waals surface area contributed by atoms with E-state index in [0.29, 0.717) is 17.8 Å². The third-order valence-electron chi connectivity index (χ3n) is 3.66. The van der Waals surface area contributed by atoms with Crippen molar-refractivity contribution in [2.45, 2.75) is 31.4 Å². The van der Waals surface area contributed by atoms with E-state index in [9.17, 15) is 0 Å². The fourth-order valence-corrected chi connectivity index (χ4v) is 2.62. The maximum atomic E-state index is 5.81. The summed E-state index contributed by atoms with van der Waals surface area (Å²) < 4.78 is 7.49. The van der Waals surface area contributed by atoms with Crippen LogP contribution in [0.25, 0.3) is 5.65 Å². The van der Waals surface area contributed by atoms with Crippen LogP contribution in [-0.2, 0) is 4.74 Å². The van der Waals surface area contributed by atoms with Crippen molar-refractivity contribution in [1.29, 1.82) is 0 Å². The number of rotatable bonds is 3. The van der Waals surface area contributed by atoms with Crippen molar-refractivity contribution in [2.75, 3.05) is 11.9 Å². The van der Waals surface area contributed by atoms with Crippen LogP contribution in [0.1, 0.15) is 19.3 Å². The molecular weight excluding hydrogens is 232 g/mol. The summed E-state index contributed by atoms with van der Waals surface area (Å²) in [4.78, 5) is 4.15. The van der Waals surface area contributed by atoms with Crippen molar-refractivity contribution in [2.24, 2.45) is 5.92 Å². The number of nitrogens with zero attached hydrogens (tertiary/aromatic N) is 5. The lowest BCUT2D eigenvalue weighted by Gasteiger charge is -2.20. The Morgan fingerprint density at radius 3 is 3.11 bits per heavy atom. The fraction of sp³-hybridized carbons (Fsp3) is 0.636. The summed E-state index contributed by atoms with van der Waals surface area (Å²) in [5.41, 5.74) is 0.655. The molecule has 1 saturated carbocycles. The van der Waals surface area contributed by atoms with Crippen LogP contribution in [0.5, 0.6) is 0 Å². The summed E-state index contributed by atoms with van der Waals surface area (Å²) in [6.45, 7) is 0.831. The van der Waals surface area contributed by atoms with Crippen molar-refractivity contribution < 1.29 is 4.74 Å². The normalized spacial score (nSPS) is 27.8. The largest absolute Gasteiger partial charge is 0.376 e. The third-order valence-corrected chi connectivity index (χ3v) is 3.66. The Balaban J connectivity index is 1.61. The number of fused-ring (bicyclic) bond motifs is 1. The maximum absolute atomic E-state index is 5.81. The standard InChI is InChI=1S/C11H14N6O/c1-2-7(1)11-8(3-4-18-11)13-9-5-12-6-10-14-15-16-17(9)10/h5-8,11,13H,1-4H2. The van der Waals surface area contributed by atoms with Gasteiger partial charge in [0, 0.05) is 6.61 Å². The van der Waals surface area contributed by atoms with Crippen LogP contribution in [0.15, 0.2) is 12.4 Å². The number of aromatic nitrogens is 5. The van der Waals surface area contributed by atoms with Crippen molar-refractivity contribution >= 4 is 11.5 Å². The minimum atomic E-state index is 0.330. The Bertz CT molecular complexity index is 565. The zero-order valence-corrected chi connectivity index (χ0v) is 9.86. The maximum Gasteiger partial charge on any atom is 0.199 e. The smallest absolute Gasteiger partial charge is 0.199 e. The highest BCUT2D eigenvalue weighted by Crippen LogP contribution is 2.39. The topological polar surface area (TPSA) is 77.2 Å². The lowest BCUT2D eigenvalue weighted by atomic mass is 10.1. The molecule has 94 valence electrons. The molecule has 2 fully saturated rings. The molecule has 1 N–H and O–H groups in total. The summed E-state index contributed by atoms with van der Waals surface area (Å²) in [6.07, 6.45) is 7.34. The molecule has 0 amide bonds. The fourth-order valence-electron chi connectivity index (χ4n) is 2.62. The monoisotopic (exact) mass is 246 g/mol. The van der Waals surface area contributed by atoms with E-state index in [1.54, 1.807) is 16.9 Å². The van der Waals surface area contributed by atoms with E-state index in [-0.39, 0.29) is 0 Å². The zero-order chi connectivity index (χ0) is 11.9. The molecule has 2 aromatic rings. The molecule has 0 bridgehead atoms. The SMILES string of the molecule is c1ncc2nnnn2c1NC1CCOC1C1CC1. The van der Waals surface area contributed by atoms with Gasteiger partial charge in [0.25, 0.3) is 0 Å². The molecular formula is C11H14N6O. The van der Waals surface area contributed by atoms with E-state index >= 15 is 0 Å². The number of hydrogen-bond donors (Lipinski definition) is 1. The first kappa shape index (κ1) is 10.2. The van der Waals surface area contributed by atoms with E-state index in [0.717, 1.165) is 24.8 Å². The minimum Gasteiger partial charge on any atom is -0.376 e. The minimum absolute atomic E-state index is 0.330. The Labute approximate surface area is 104 Å². The van der Waals surface area contributed by atoms with E-state index in [2.05, 4.69) is 25.8 Å². The highest BCUT2D eigenvalue weighted by Gasteiger charge is 2.40. The first-order chi connectivity index (χ1) is 8.92. The molecule has 1 aliphatic carbocycles. The number of nitrogens with one attached hydrogen (secondary N) is 1. The first-order valence-electron chi connectivity index (χ1n) is 6.32. The van der Waals surface area contributed by atoms with Gasteiger partial charge in [-0.25, -0.2) is 0 Å². The lowest BCUT2D eigenvalue weighted by molar-refractivity contribution is 0.0898. The molecule has 2 aromatic heterocycles. The molecule has 2 aliphatic rings. The van der Waals surface area contributed by atoms with Gasteiger partial charge < -0.3 is 10.1 Å². The average Bonchev–Trinajstić information content (AvgIpc) is 2.93. The number of ether oxygens (including phenoxy) is 1. The molecule has 3 heterocycles. The van der Waals surface area contributed by atoms with Crippen LogP contribution in [0.4, 0.5) is 5.82 Å². The second kappa shape index (κ2) is 3.88. The molecule has 1 aliphatic heterocycles. The molecule has 18 heavy (non-hydrogen) atoms. The summed E-state index contributed by atoms with van der Waals surface area (Å²) in [5.74, 6) is 1.56. The van der Waals surface area contributed by atoms with E-state index < -0.39 is 0 Å². The predicted octanol–water partition coefficient (Wildman–Crippen LogP) is 0.499. The average molecular weight is 246 g/mol. The van der Waals surface area contributed by atoms with Gasteiger partial charge in [-0.3, -0.25) is 4.98 Å². The lowest BCUT2D eigenvalue weighted by Crippen LogP contribution is -2.31. The zero-order valence-electron chi connectivity index (χ0n) is 9.86. The highest BCUT2D eigenvalue weighted by molar-refractivity contribution is 5.44. The molecule has 7 heteroatoms.